The quantitative estimate of drug-likeness (QED) is 0.360. The Morgan fingerprint density at radius 1 is 1.05 bits per heavy atom. The number of aromatic nitrogens is 3. The fraction of sp³-hybridized carbons (Fsp3) is 0.333. The number of rotatable bonds is 6. The summed E-state index contributed by atoms with van der Waals surface area (Å²) in [7, 11) is -3.92. The van der Waals surface area contributed by atoms with E-state index in [0.29, 0.717) is 34.0 Å². The molecule has 6 rings (SSSR count). The number of hydrogen-bond acceptors (Lipinski definition) is 7. The van der Waals surface area contributed by atoms with E-state index in [4.69, 9.17) is 11.6 Å². The highest BCUT2D eigenvalue weighted by molar-refractivity contribution is 7.89. The van der Waals surface area contributed by atoms with Crippen LogP contribution in [0.1, 0.15) is 29.1 Å². The Morgan fingerprint density at radius 2 is 1.82 bits per heavy atom. The van der Waals surface area contributed by atoms with Gasteiger partial charge in [-0.2, -0.15) is 4.31 Å². The standard InChI is InChI=1S/C27H27ClN6O4S2/c28-20-3-4-22-19(13-20)14-24(31-22)40(37,38)33-11-12-34(21(17-33)15-25(35)32-9-1-2-10-32)27(36)26-30-16-23(39-26)18-5-7-29-8-6-18/h3-8,13-14,16,21,31H,1-2,9-12,15,17H2. The molecule has 0 spiro atoms. The summed E-state index contributed by atoms with van der Waals surface area (Å²) < 4.78 is 28.7. The van der Waals surface area contributed by atoms with Gasteiger partial charge in [-0.3, -0.25) is 14.6 Å². The molecular weight excluding hydrogens is 572 g/mol. The number of H-pyrrole nitrogens is 1. The Balaban J connectivity index is 1.26. The van der Waals surface area contributed by atoms with E-state index >= 15 is 0 Å². The number of sulfonamides is 1. The molecule has 1 aromatic carbocycles. The summed E-state index contributed by atoms with van der Waals surface area (Å²) in [5, 5.41) is 1.55. The summed E-state index contributed by atoms with van der Waals surface area (Å²) in [4.78, 5) is 42.5. The van der Waals surface area contributed by atoms with Gasteiger partial charge >= 0.3 is 0 Å². The van der Waals surface area contributed by atoms with Gasteiger partial charge in [-0.1, -0.05) is 11.6 Å². The topological polar surface area (TPSA) is 120 Å². The monoisotopic (exact) mass is 598 g/mol. The number of halogens is 1. The Labute approximate surface area is 240 Å². The lowest BCUT2D eigenvalue weighted by atomic mass is 10.1. The molecule has 1 N–H and O–H groups in total. The van der Waals surface area contributed by atoms with Crippen molar-refractivity contribution < 1.29 is 18.0 Å². The Morgan fingerprint density at radius 3 is 2.60 bits per heavy atom. The molecule has 0 radical (unpaired) electrons. The van der Waals surface area contributed by atoms with Crippen LogP contribution in [-0.4, -0.2) is 88.1 Å². The van der Waals surface area contributed by atoms with Gasteiger partial charge in [-0.05, 0) is 54.8 Å². The predicted molar refractivity (Wildman–Crippen MR) is 153 cm³/mol. The van der Waals surface area contributed by atoms with E-state index in [1.165, 1.54) is 15.6 Å². The van der Waals surface area contributed by atoms with Gasteiger partial charge in [0.15, 0.2) is 5.01 Å². The van der Waals surface area contributed by atoms with Crippen molar-refractivity contribution in [1.29, 1.82) is 0 Å². The highest BCUT2D eigenvalue weighted by atomic mass is 35.5. The maximum absolute atomic E-state index is 13.7. The second kappa shape index (κ2) is 10.9. The molecule has 2 amide bonds. The lowest BCUT2D eigenvalue weighted by Gasteiger charge is -2.40. The maximum atomic E-state index is 13.7. The highest BCUT2D eigenvalue weighted by Gasteiger charge is 2.39. The molecule has 2 saturated heterocycles. The smallest absolute Gasteiger partial charge is 0.283 e. The van der Waals surface area contributed by atoms with Crippen LogP contribution in [0.4, 0.5) is 0 Å². The average molecular weight is 599 g/mol. The normalized spacial score (nSPS) is 18.5. The van der Waals surface area contributed by atoms with Crippen LogP contribution >= 0.6 is 22.9 Å². The van der Waals surface area contributed by atoms with Crippen molar-refractivity contribution in [3.05, 3.63) is 65.0 Å². The van der Waals surface area contributed by atoms with Gasteiger partial charge in [0.25, 0.3) is 15.9 Å². The third kappa shape index (κ3) is 5.24. The van der Waals surface area contributed by atoms with Crippen LogP contribution in [0.2, 0.25) is 5.02 Å². The molecule has 1 unspecified atom stereocenters. The minimum Gasteiger partial charge on any atom is -0.345 e. The lowest BCUT2D eigenvalue weighted by molar-refractivity contribution is -0.131. The first kappa shape index (κ1) is 26.9. The molecule has 208 valence electrons. The van der Waals surface area contributed by atoms with Crippen LogP contribution in [0, 0.1) is 0 Å². The van der Waals surface area contributed by atoms with Gasteiger partial charge in [0.1, 0.15) is 5.03 Å². The molecule has 40 heavy (non-hydrogen) atoms. The number of nitrogens with zero attached hydrogens (tertiary/aromatic N) is 5. The zero-order valence-electron chi connectivity index (χ0n) is 21.5. The van der Waals surface area contributed by atoms with Crippen molar-refractivity contribution in [1.82, 2.24) is 29.1 Å². The van der Waals surface area contributed by atoms with E-state index in [1.807, 2.05) is 12.1 Å². The third-order valence-corrected chi connectivity index (χ3v) is 10.5. The fourth-order valence-electron chi connectivity index (χ4n) is 5.28. The van der Waals surface area contributed by atoms with Gasteiger partial charge < -0.3 is 14.8 Å². The Kier molecular flexibility index (Phi) is 7.34. The second-order valence-electron chi connectivity index (χ2n) is 9.94. The number of thiazole rings is 1. The van der Waals surface area contributed by atoms with Gasteiger partial charge in [0, 0.05) is 73.7 Å². The van der Waals surface area contributed by atoms with Gasteiger partial charge in [-0.15, -0.1) is 11.3 Å². The number of piperazine rings is 1. The van der Waals surface area contributed by atoms with Gasteiger partial charge in [-0.25, -0.2) is 13.4 Å². The molecule has 1 atom stereocenters. The minimum absolute atomic E-state index is 0.00631. The third-order valence-electron chi connectivity index (χ3n) is 7.40. The van der Waals surface area contributed by atoms with E-state index in [9.17, 15) is 18.0 Å². The SMILES string of the molecule is O=C(CC1CN(S(=O)(=O)c2cc3cc(Cl)ccc3[nH]2)CCN1C(=O)c1ncc(-c2ccncc2)s1)N1CCCC1. The molecule has 0 bridgehead atoms. The number of nitrogens with one attached hydrogen (secondary N) is 1. The molecule has 0 aliphatic carbocycles. The van der Waals surface area contributed by atoms with Gasteiger partial charge in [0.2, 0.25) is 5.91 Å². The van der Waals surface area contributed by atoms with Crippen molar-refractivity contribution in [3.63, 3.8) is 0 Å². The molecule has 13 heteroatoms. The van der Waals surface area contributed by atoms with E-state index in [2.05, 4.69) is 15.0 Å². The Bertz CT molecular complexity index is 1670. The van der Waals surface area contributed by atoms with E-state index in [0.717, 1.165) is 23.3 Å². The molecule has 2 aliphatic rings. The summed E-state index contributed by atoms with van der Waals surface area (Å²) in [5.74, 6) is -0.377. The molecule has 3 aromatic heterocycles. The van der Waals surface area contributed by atoms with E-state index in [1.54, 1.807) is 52.7 Å². The predicted octanol–water partition coefficient (Wildman–Crippen LogP) is 3.87. The second-order valence-corrected chi connectivity index (χ2v) is 13.3. The molecule has 10 nitrogen and oxygen atoms in total. The first-order valence-corrected chi connectivity index (χ1v) is 15.7. The maximum Gasteiger partial charge on any atom is 0.283 e. The van der Waals surface area contributed by atoms with Gasteiger partial charge in [0.05, 0.1) is 10.9 Å². The Hall–Kier alpha value is -3.32. The number of fused-ring (bicyclic) bond motifs is 1. The number of likely N-dealkylation sites (tertiary alicyclic amines) is 1. The van der Waals surface area contributed by atoms with Crippen molar-refractivity contribution >= 4 is 55.7 Å². The largest absolute Gasteiger partial charge is 0.345 e. The number of amides is 2. The van der Waals surface area contributed by atoms with Crippen molar-refractivity contribution in [3.8, 4) is 10.4 Å². The summed E-state index contributed by atoms with van der Waals surface area (Å²) in [6, 6.07) is 9.76. The fourth-order valence-corrected chi connectivity index (χ4v) is 7.83. The first-order chi connectivity index (χ1) is 19.3. The molecule has 4 aromatic rings. The molecular formula is C27H27ClN6O4S2. The lowest BCUT2D eigenvalue weighted by Crippen LogP contribution is -2.57. The minimum atomic E-state index is -3.92. The first-order valence-electron chi connectivity index (χ1n) is 13.0. The molecule has 2 aliphatic heterocycles. The zero-order chi connectivity index (χ0) is 27.9. The van der Waals surface area contributed by atoms with Crippen LogP contribution in [-0.2, 0) is 14.8 Å². The number of pyridine rings is 1. The molecule has 0 saturated carbocycles. The zero-order valence-corrected chi connectivity index (χ0v) is 23.9. The number of carbonyl (C=O) groups excluding carboxylic acids is 2. The average Bonchev–Trinajstić information content (AvgIpc) is 3.74. The summed E-state index contributed by atoms with van der Waals surface area (Å²) in [6.45, 7) is 1.61. The van der Waals surface area contributed by atoms with E-state index < -0.39 is 16.1 Å². The summed E-state index contributed by atoms with van der Waals surface area (Å²) in [5.41, 5.74) is 1.56. The molecule has 5 heterocycles. The highest BCUT2D eigenvalue weighted by Crippen LogP contribution is 2.30. The van der Waals surface area contributed by atoms with E-state index in [-0.39, 0.29) is 42.9 Å². The number of aromatic amines is 1. The van der Waals surface area contributed by atoms with Crippen molar-refractivity contribution in [2.24, 2.45) is 0 Å². The number of benzene rings is 1. The van der Waals surface area contributed by atoms with Crippen LogP contribution in [0.3, 0.4) is 0 Å². The van der Waals surface area contributed by atoms with Crippen LogP contribution in [0.15, 0.2) is 60.0 Å². The summed E-state index contributed by atoms with van der Waals surface area (Å²) >= 11 is 7.36. The van der Waals surface area contributed by atoms with Crippen LogP contribution in [0.25, 0.3) is 21.3 Å². The number of hydrogen-bond donors (Lipinski definition) is 1. The summed E-state index contributed by atoms with van der Waals surface area (Å²) in [6.07, 6.45) is 6.95. The van der Waals surface area contributed by atoms with Crippen LogP contribution in [0.5, 0.6) is 0 Å². The van der Waals surface area contributed by atoms with Crippen molar-refractivity contribution in [2.75, 3.05) is 32.7 Å². The van der Waals surface area contributed by atoms with Crippen LogP contribution < -0.4 is 0 Å². The molecule has 2 fully saturated rings. The van der Waals surface area contributed by atoms with Crippen molar-refractivity contribution in [2.45, 2.75) is 30.3 Å². The number of carbonyl (C=O) groups is 2.